The topological polar surface area (TPSA) is 58.9 Å². The number of nitrogens with one attached hydrogen (secondary N) is 1. The van der Waals surface area contributed by atoms with Gasteiger partial charge in [0.15, 0.2) is 4.96 Å². The highest BCUT2D eigenvalue weighted by Gasteiger charge is 2.23. The second-order valence-electron chi connectivity index (χ2n) is 9.69. The van der Waals surface area contributed by atoms with E-state index in [9.17, 15) is 4.79 Å². The maximum Gasteiger partial charge on any atom is 0.321 e. The molecule has 0 aliphatic carbocycles. The molecule has 1 aliphatic rings. The predicted octanol–water partition coefficient (Wildman–Crippen LogP) is 6.78. The van der Waals surface area contributed by atoms with Crippen LogP contribution in [0.1, 0.15) is 24.1 Å². The van der Waals surface area contributed by atoms with Gasteiger partial charge >= 0.3 is 6.03 Å². The molecule has 7 heteroatoms. The number of nitrogens with zero attached hydrogens (tertiary/aromatic N) is 3. The van der Waals surface area contributed by atoms with Crippen LogP contribution < -0.4 is 5.32 Å². The second kappa shape index (κ2) is 10.4. The molecular weight excluding hydrogens is 480 g/mol. The van der Waals surface area contributed by atoms with Crippen molar-refractivity contribution in [2.75, 3.05) is 25.0 Å². The van der Waals surface area contributed by atoms with Gasteiger partial charge in [-0.3, -0.25) is 4.40 Å². The van der Waals surface area contributed by atoms with Crippen LogP contribution in [-0.4, -0.2) is 46.1 Å². The molecule has 6 rings (SSSR count). The molecule has 3 heterocycles. The summed E-state index contributed by atoms with van der Waals surface area (Å²) in [6.45, 7) is 4.01. The smallest absolute Gasteiger partial charge is 0.321 e. The SMILES string of the molecule is Cc1ccc(NC(=O)N(CCc2csc3nc(-c4ccc5ccccc5c4)cn23)CC2CCCO2)cc1. The third-order valence-electron chi connectivity index (χ3n) is 7.00. The van der Waals surface area contributed by atoms with E-state index in [4.69, 9.17) is 9.72 Å². The molecule has 37 heavy (non-hydrogen) atoms. The van der Waals surface area contributed by atoms with Gasteiger partial charge in [0.2, 0.25) is 0 Å². The molecule has 6 nitrogen and oxygen atoms in total. The van der Waals surface area contributed by atoms with Crippen molar-refractivity contribution in [2.24, 2.45) is 0 Å². The van der Waals surface area contributed by atoms with Gasteiger partial charge in [0.05, 0.1) is 11.8 Å². The van der Waals surface area contributed by atoms with Gasteiger partial charge in [-0.15, -0.1) is 11.3 Å². The zero-order chi connectivity index (χ0) is 25.2. The zero-order valence-electron chi connectivity index (χ0n) is 20.9. The van der Waals surface area contributed by atoms with E-state index in [1.54, 1.807) is 11.3 Å². The van der Waals surface area contributed by atoms with Gasteiger partial charge < -0.3 is 15.0 Å². The number of urea groups is 1. The molecule has 0 radical (unpaired) electrons. The average Bonchev–Trinajstić information content (AvgIpc) is 3.66. The van der Waals surface area contributed by atoms with E-state index in [-0.39, 0.29) is 12.1 Å². The Labute approximate surface area is 220 Å². The van der Waals surface area contributed by atoms with Gasteiger partial charge in [0, 0.05) is 54.6 Å². The molecule has 1 unspecified atom stereocenters. The lowest BCUT2D eigenvalue weighted by Gasteiger charge is -2.25. The number of fused-ring (bicyclic) bond motifs is 2. The van der Waals surface area contributed by atoms with Gasteiger partial charge in [-0.2, -0.15) is 0 Å². The molecule has 188 valence electrons. The lowest BCUT2D eigenvalue weighted by molar-refractivity contribution is 0.0838. The Morgan fingerprint density at radius 3 is 2.78 bits per heavy atom. The molecule has 1 N–H and O–H groups in total. The standard InChI is InChI=1S/C30H30N4O2S/c1-21-8-12-25(13-9-21)31-29(35)33(18-27-7-4-16-36-27)15-14-26-20-37-30-32-28(19-34(26)30)24-11-10-22-5-2-3-6-23(22)17-24/h2-3,5-6,8-13,17,19-20,27H,4,7,14-16,18H2,1H3,(H,31,35). The first-order valence-electron chi connectivity index (χ1n) is 12.8. The molecule has 5 aromatic rings. The summed E-state index contributed by atoms with van der Waals surface area (Å²) in [5.41, 5.74) is 5.20. The summed E-state index contributed by atoms with van der Waals surface area (Å²) in [6, 6.07) is 22.7. The number of thiazole rings is 1. The van der Waals surface area contributed by atoms with Gasteiger partial charge in [-0.25, -0.2) is 9.78 Å². The molecule has 1 atom stereocenters. The lowest BCUT2D eigenvalue weighted by atomic mass is 10.1. The molecule has 3 aromatic carbocycles. The van der Waals surface area contributed by atoms with Crippen molar-refractivity contribution in [3.63, 3.8) is 0 Å². The van der Waals surface area contributed by atoms with Gasteiger partial charge in [-0.1, -0.05) is 54.1 Å². The highest BCUT2D eigenvalue weighted by atomic mass is 32.1. The Morgan fingerprint density at radius 2 is 1.97 bits per heavy atom. The summed E-state index contributed by atoms with van der Waals surface area (Å²) in [7, 11) is 0. The Morgan fingerprint density at radius 1 is 1.14 bits per heavy atom. The van der Waals surface area contributed by atoms with Crippen molar-refractivity contribution < 1.29 is 9.53 Å². The molecular formula is C30H30N4O2S. The number of imidazole rings is 1. The summed E-state index contributed by atoms with van der Waals surface area (Å²) in [6.07, 6.45) is 4.99. The van der Waals surface area contributed by atoms with E-state index in [0.717, 1.165) is 53.5 Å². The van der Waals surface area contributed by atoms with E-state index in [0.29, 0.717) is 13.1 Å². The van der Waals surface area contributed by atoms with Crippen molar-refractivity contribution in [1.82, 2.24) is 14.3 Å². The number of rotatable bonds is 7. The molecule has 1 aliphatic heterocycles. The first kappa shape index (κ1) is 23.7. The highest BCUT2D eigenvalue weighted by molar-refractivity contribution is 7.15. The summed E-state index contributed by atoms with van der Waals surface area (Å²) in [5.74, 6) is 0. The van der Waals surface area contributed by atoms with Crippen LogP contribution in [0.4, 0.5) is 10.5 Å². The molecule has 2 aromatic heterocycles. The fourth-order valence-corrected chi connectivity index (χ4v) is 5.80. The molecule has 0 spiro atoms. The Bertz CT molecular complexity index is 1530. The van der Waals surface area contributed by atoms with Crippen LogP contribution in [0, 0.1) is 6.92 Å². The lowest BCUT2D eigenvalue weighted by Crippen LogP contribution is -2.41. The molecule has 1 fully saturated rings. The van der Waals surface area contributed by atoms with Crippen LogP contribution in [-0.2, 0) is 11.2 Å². The largest absolute Gasteiger partial charge is 0.376 e. The number of anilines is 1. The molecule has 0 saturated carbocycles. The Balaban J connectivity index is 1.20. The number of hydrogen-bond donors (Lipinski definition) is 1. The summed E-state index contributed by atoms with van der Waals surface area (Å²) in [5, 5.41) is 7.65. The van der Waals surface area contributed by atoms with Crippen LogP contribution in [0.5, 0.6) is 0 Å². The summed E-state index contributed by atoms with van der Waals surface area (Å²) >= 11 is 1.64. The minimum Gasteiger partial charge on any atom is -0.376 e. The summed E-state index contributed by atoms with van der Waals surface area (Å²) < 4.78 is 8.02. The third-order valence-corrected chi connectivity index (χ3v) is 7.89. The fraction of sp³-hybridized carbons (Fsp3) is 0.267. The predicted molar refractivity (Wildman–Crippen MR) is 150 cm³/mol. The van der Waals surface area contributed by atoms with Crippen molar-refractivity contribution in [3.05, 3.63) is 89.6 Å². The third kappa shape index (κ3) is 5.24. The van der Waals surface area contributed by atoms with Crippen LogP contribution in [0.2, 0.25) is 0 Å². The maximum absolute atomic E-state index is 13.2. The monoisotopic (exact) mass is 510 g/mol. The average molecular weight is 511 g/mol. The molecule has 2 amide bonds. The number of carbonyl (C=O) groups excluding carboxylic acids is 1. The minimum absolute atomic E-state index is 0.0895. The van der Waals surface area contributed by atoms with Crippen LogP contribution in [0.15, 0.2) is 78.3 Å². The molecule has 0 bridgehead atoms. The van der Waals surface area contributed by atoms with Crippen LogP contribution >= 0.6 is 11.3 Å². The second-order valence-corrected chi connectivity index (χ2v) is 10.5. The van der Waals surface area contributed by atoms with Gasteiger partial charge in [0.25, 0.3) is 0 Å². The number of ether oxygens (including phenoxy) is 1. The van der Waals surface area contributed by atoms with E-state index in [1.807, 2.05) is 36.1 Å². The van der Waals surface area contributed by atoms with E-state index in [1.165, 1.54) is 16.3 Å². The normalized spacial score (nSPS) is 15.4. The number of amides is 2. The Hall–Kier alpha value is -3.68. The van der Waals surface area contributed by atoms with Crippen molar-refractivity contribution in [1.29, 1.82) is 0 Å². The van der Waals surface area contributed by atoms with Gasteiger partial charge in [0.1, 0.15) is 0 Å². The first-order chi connectivity index (χ1) is 18.1. The Kier molecular flexibility index (Phi) is 6.64. The minimum atomic E-state index is -0.0895. The highest BCUT2D eigenvalue weighted by Crippen LogP contribution is 2.27. The number of aryl methyl sites for hydroxylation is 1. The van der Waals surface area contributed by atoms with E-state index in [2.05, 4.69) is 63.8 Å². The van der Waals surface area contributed by atoms with Crippen molar-refractivity contribution in [3.8, 4) is 11.3 Å². The number of aromatic nitrogens is 2. The fourth-order valence-electron chi connectivity index (χ4n) is 4.90. The van der Waals surface area contributed by atoms with Crippen LogP contribution in [0.25, 0.3) is 27.0 Å². The molecule has 1 saturated heterocycles. The van der Waals surface area contributed by atoms with Crippen molar-refractivity contribution >= 4 is 38.8 Å². The van der Waals surface area contributed by atoms with E-state index >= 15 is 0 Å². The number of carbonyl (C=O) groups is 1. The van der Waals surface area contributed by atoms with Gasteiger partial charge in [-0.05, 0) is 48.7 Å². The first-order valence-corrected chi connectivity index (χ1v) is 13.7. The van der Waals surface area contributed by atoms with E-state index < -0.39 is 0 Å². The number of hydrogen-bond acceptors (Lipinski definition) is 4. The number of benzene rings is 3. The van der Waals surface area contributed by atoms with Crippen LogP contribution in [0.3, 0.4) is 0 Å². The maximum atomic E-state index is 13.2. The zero-order valence-corrected chi connectivity index (χ0v) is 21.7. The summed E-state index contributed by atoms with van der Waals surface area (Å²) in [4.78, 5) is 21.0. The van der Waals surface area contributed by atoms with Crippen molar-refractivity contribution in [2.45, 2.75) is 32.3 Å². The quantitative estimate of drug-likeness (QED) is 0.263.